The molecule has 0 bridgehead atoms. The average molecular weight is 420 g/mol. The molecule has 0 aromatic heterocycles. The van der Waals surface area contributed by atoms with Gasteiger partial charge >= 0.3 is 11.9 Å². The summed E-state index contributed by atoms with van der Waals surface area (Å²) in [6.45, 7) is 6.56. The molecule has 1 amide bonds. The molecule has 1 aromatic rings. The van der Waals surface area contributed by atoms with E-state index in [1.165, 1.54) is 6.92 Å². The van der Waals surface area contributed by atoms with E-state index in [1.54, 1.807) is 26.0 Å². The smallest absolute Gasteiger partial charge is 0.343 e. The second kappa shape index (κ2) is 12.8. The van der Waals surface area contributed by atoms with E-state index in [-0.39, 0.29) is 31.8 Å². The Morgan fingerprint density at radius 3 is 1.93 bits per heavy atom. The maximum Gasteiger partial charge on any atom is 0.343 e. The molecule has 0 aliphatic carbocycles. The molecule has 0 heterocycles. The van der Waals surface area contributed by atoms with Crippen LogP contribution in [0.15, 0.2) is 24.3 Å². The van der Waals surface area contributed by atoms with Crippen molar-refractivity contribution in [3.63, 3.8) is 0 Å². The third-order valence-electron chi connectivity index (χ3n) is 4.71. The Labute approximate surface area is 178 Å². The first-order valence-corrected chi connectivity index (χ1v) is 10.6. The Morgan fingerprint density at radius 2 is 1.47 bits per heavy atom. The molecule has 166 valence electrons. The number of carbonyl (C=O) groups is 4. The molecule has 1 rings (SSSR count). The minimum atomic E-state index is -2.05. The molecule has 0 aliphatic rings. The van der Waals surface area contributed by atoms with Gasteiger partial charge in [0.15, 0.2) is 5.78 Å². The SMILES string of the molecule is CCCCCc1ccc(C(=O)CCC(NC(C)=O)(C(=O)OCC)C(=O)OCC)cc1. The Morgan fingerprint density at radius 1 is 0.900 bits per heavy atom. The quantitative estimate of drug-likeness (QED) is 0.228. The molecular formula is C23H33NO6. The van der Waals surface area contributed by atoms with Crippen molar-refractivity contribution in [1.29, 1.82) is 0 Å². The van der Waals surface area contributed by atoms with Gasteiger partial charge in [-0.3, -0.25) is 9.59 Å². The summed E-state index contributed by atoms with van der Waals surface area (Å²) < 4.78 is 10.0. The van der Waals surface area contributed by atoms with Crippen molar-refractivity contribution in [2.45, 2.75) is 71.8 Å². The van der Waals surface area contributed by atoms with Gasteiger partial charge in [0.05, 0.1) is 13.2 Å². The van der Waals surface area contributed by atoms with Crippen molar-refractivity contribution in [3.8, 4) is 0 Å². The summed E-state index contributed by atoms with van der Waals surface area (Å²) in [5.74, 6) is -2.70. The highest BCUT2D eigenvalue weighted by molar-refractivity contribution is 6.08. The van der Waals surface area contributed by atoms with Crippen LogP contribution in [0.25, 0.3) is 0 Å². The van der Waals surface area contributed by atoms with Gasteiger partial charge in [-0.05, 0) is 38.7 Å². The van der Waals surface area contributed by atoms with Gasteiger partial charge in [0.1, 0.15) is 0 Å². The van der Waals surface area contributed by atoms with E-state index in [1.807, 2.05) is 12.1 Å². The third kappa shape index (κ3) is 7.28. The summed E-state index contributed by atoms with van der Waals surface area (Å²) >= 11 is 0. The molecule has 1 N–H and O–H groups in total. The first-order valence-electron chi connectivity index (χ1n) is 10.6. The van der Waals surface area contributed by atoms with E-state index in [2.05, 4.69) is 12.2 Å². The summed E-state index contributed by atoms with van der Waals surface area (Å²) in [4.78, 5) is 49.6. The van der Waals surface area contributed by atoms with Crippen LogP contribution in [0, 0.1) is 0 Å². The lowest BCUT2D eigenvalue weighted by Crippen LogP contribution is -2.61. The van der Waals surface area contributed by atoms with Crippen molar-refractivity contribution in [1.82, 2.24) is 5.32 Å². The zero-order valence-electron chi connectivity index (χ0n) is 18.4. The van der Waals surface area contributed by atoms with Crippen LogP contribution in [-0.2, 0) is 30.3 Å². The lowest BCUT2D eigenvalue weighted by molar-refractivity contribution is -0.168. The van der Waals surface area contributed by atoms with Gasteiger partial charge in [-0.25, -0.2) is 9.59 Å². The molecule has 0 unspecified atom stereocenters. The molecule has 7 nitrogen and oxygen atoms in total. The standard InChI is InChI=1S/C23H33NO6/c1-5-8-9-10-18-11-13-19(14-12-18)20(26)15-16-23(24-17(4)25,21(27)29-6-2)22(28)30-7-3/h11-14H,5-10,15-16H2,1-4H3,(H,24,25). The number of benzene rings is 1. The number of esters is 2. The normalized spacial score (nSPS) is 10.9. The van der Waals surface area contributed by atoms with Gasteiger partial charge in [0, 0.05) is 18.9 Å². The summed E-state index contributed by atoms with van der Waals surface area (Å²) in [7, 11) is 0. The van der Waals surface area contributed by atoms with Crippen LogP contribution in [0.3, 0.4) is 0 Å². The Hall–Kier alpha value is -2.70. The molecule has 7 heteroatoms. The van der Waals surface area contributed by atoms with Gasteiger partial charge in [0.25, 0.3) is 0 Å². The number of hydrogen-bond acceptors (Lipinski definition) is 6. The molecule has 0 radical (unpaired) electrons. The maximum atomic E-state index is 12.7. The predicted octanol–water partition coefficient (Wildman–Crippen LogP) is 3.38. The largest absolute Gasteiger partial charge is 0.464 e. The summed E-state index contributed by atoms with van der Waals surface area (Å²) in [6.07, 6.45) is 3.98. The number of ether oxygens (including phenoxy) is 2. The molecule has 1 aromatic carbocycles. The van der Waals surface area contributed by atoms with E-state index >= 15 is 0 Å². The van der Waals surface area contributed by atoms with Gasteiger partial charge in [-0.1, -0.05) is 44.0 Å². The average Bonchev–Trinajstić information content (AvgIpc) is 2.71. The summed E-state index contributed by atoms with van der Waals surface area (Å²) in [5.41, 5.74) is -0.405. The first-order chi connectivity index (χ1) is 14.3. The van der Waals surface area contributed by atoms with Gasteiger partial charge < -0.3 is 14.8 Å². The van der Waals surface area contributed by atoms with Crippen LogP contribution in [0.4, 0.5) is 0 Å². The molecule has 0 spiro atoms. The molecule has 0 atom stereocenters. The van der Waals surface area contributed by atoms with Crippen molar-refractivity contribution in [3.05, 3.63) is 35.4 Å². The number of rotatable bonds is 13. The van der Waals surface area contributed by atoms with Crippen molar-refractivity contribution in [2.24, 2.45) is 0 Å². The van der Waals surface area contributed by atoms with Gasteiger partial charge in [-0.2, -0.15) is 0 Å². The fourth-order valence-electron chi connectivity index (χ4n) is 3.14. The minimum absolute atomic E-state index is 0.0208. The van der Waals surface area contributed by atoms with Crippen LogP contribution in [0.1, 0.15) is 75.7 Å². The van der Waals surface area contributed by atoms with Crippen LogP contribution < -0.4 is 5.32 Å². The molecule has 30 heavy (non-hydrogen) atoms. The number of hydrogen-bond donors (Lipinski definition) is 1. The number of amides is 1. The topological polar surface area (TPSA) is 98.8 Å². The number of nitrogens with one attached hydrogen (secondary N) is 1. The lowest BCUT2D eigenvalue weighted by Gasteiger charge is -2.29. The molecule has 0 fully saturated rings. The van der Waals surface area contributed by atoms with E-state index in [4.69, 9.17) is 9.47 Å². The molecule has 0 saturated carbocycles. The van der Waals surface area contributed by atoms with Gasteiger partial charge in [-0.15, -0.1) is 0 Å². The highest BCUT2D eigenvalue weighted by atomic mass is 16.6. The molecule has 0 saturated heterocycles. The predicted molar refractivity (Wildman–Crippen MR) is 113 cm³/mol. The summed E-state index contributed by atoms with van der Waals surface area (Å²) in [5, 5.41) is 2.37. The fourth-order valence-corrected chi connectivity index (χ4v) is 3.14. The number of unbranched alkanes of at least 4 members (excludes halogenated alkanes) is 2. The van der Waals surface area contributed by atoms with Crippen LogP contribution in [0.2, 0.25) is 0 Å². The second-order valence-corrected chi connectivity index (χ2v) is 7.10. The highest BCUT2D eigenvalue weighted by Crippen LogP contribution is 2.21. The van der Waals surface area contributed by atoms with Crippen LogP contribution >= 0.6 is 0 Å². The lowest BCUT2D eigenvalue weighted by atomic mass is 9.90. The van der Waals surface area contributed by atoms with Crippen molar-refractivity contribution in [2.75, 3.05) is 13.2 Å². The zero-order valence-corrected chi connectivity index (χ0v) is 18.4. The maximum absolute atomic E-state index is 12.7. The monoisotopic (exact) mass is 419 g/mol. The second-order valence-electron chi connectivity index (χ2n) is 7.10. The highest BCUT2D eigenvalue weighted by Gasteiger charge is 2.50. The van der Waals surface area contributed by atoms with E-state index in [0.29, 0.717) is 5.56 Å². The van der Waals surface area contributed by atoms with Crippen molar-refractivity contribution < 1.29 is 28.7 Å². The number of aryl methyl sites for hydroxylation is 1. The van der Waals surface area contributed by atoms with Gasteiger partial charge in [0.2, 0.25) is 11.4 Å². The summed E-state index contributed by atoms with van der Waals surface area (Å²) in [6, 6.07) is 7.33. The zero-order chi connectivity index (χ0) is 22.6. The van der Waals surface area contributed by atoms with Crippen LogP contribution in [0.5, 0.6) is 0 Å². The Bertz CT molecular complexity index is 708. The minimum Gasteiger partial charge on any atom is -0.464 e. The number of ketones is 1. The number of Topliss-reactive ketones (excluding diaryl/α,β-unsaturated/α-hetero) is 1. The van der Waals surface area contributed by atoms with E-state index in [0.717, 1.165) is 31.2 Å². The molecular weight excluding hydrogens is 386 g/mol. The Balaban J connectivity index is 2.98. The van der Waals surface area contributed by atoms with Crippen molar-refractivity contribution >= 4 is 23.6 Å². The third-order valence-corrected chi connectivity index (χ3v) is 4.71. The first kappa shape index (κ1) is 25.3. The number of carbonyl (C=O) groups excluding carboxylic acids is 4. The molecule has 0 aliphatic heterocycles. The fraction of sp³-hybridized carbons (Fsp3) is 0.565. The van der Waals surface area contributed by atoms with E-state index < -0.39 is 23.4 Å². The van der Waals surface area contributed by atoms with Crippen LogP contribution in [-0.4, -0.2) is 42.4 Å². The Kier molecular flexibility index (Phi) is 10.8. The van der Waals surface area contributed by atoms with E-state index in [9.17, 15) is 19.2 Å².